The summed E-state index contributed by atoms with van der Waals surface area (Å²) in [5, 5.41) is 10.3. The second-order valence-corrected chi connectivity index (χ2v) is 8.85. The minimum Gasteiger partial charge on any atom is -0.396 e. The van der Waals surface area contributed by atoms with Crippen LogP contribution in [0.4, 0.5) is 0 Å². The molecule has 4 rings (SSSR count). The molecule has 0 saturated heterocycles. The quantitative estimate of drug-likeness (QED) is 0.660. The minimum atomic E-state index is -0.367. The maximum Gasteiger partial charge on any atom is 0.250 e. The van der Waals surface area contributed by atoms with Crippen molar-refractivity contribution < 1.29 is 9.84 Å². The van der Waals surface area contributed by atoms with Crippen LogP contribution in [0.3, 0.4) is 0 Å². The van der Waals surface area contributed by atoms with E-state index in [0.717, 1.165) is 27.1 Å². The average molecular weight is 416 g/mol. The number of thiophene rings is 1. The van der Waals surface area contributed by atoms with E-state index in [-0.39, 0.29) is 24.4 Å². The molecule has 0 saturated carbocycles. The number of aliphatic hydroxyl groups excluding tert-OH is 1. The molecule has 1 aliphatic heterocycles. The van der Waals surface area contributed by atoms with Crippen LogP contribution in [0.15, 0.2) is 41.3 Å². The Kier molecular flexibility index (Phi) is 5.19. The lowest BCUT2D eigenvalue weighted by Crippen LogP contribution is -2.19. The highest BCUT2D eigenvalue weighted by Crippen LogP contribution is 2.50. The molecule has 1 aromatic carbocycles. The van der Waals surface area contributed by atoms with Crippen molar-refractivity contribution in [1.29, 1.82) is 0 Å². The molecule has 0 amide bonds. The zero-order chi connectivity index (χ0) is 20.0. The van der Waals surface area contributed by atoms with Gasteiger partial charge in [0.25, 0.3) is 5.56 Å². The molecule has 2 aromatic heterocycles. The predicted molar refractivity (Wildman–Crippen MR) is 113 cm³/mol. The van der Waals surface area contributed by atoms with Gasteiger partial charge in [-0.05, 0) is 42.7 Å². The molecule has 0 bridgehead atoms. The number of fused-ring (bicyclic) bond motifs is 3. The minimum absolute atomic E-state index is 0.0156. The van der Waals surface area contributed by atoms with E-state index < -0.39 is 0 Å². The molecule has 2 atom stereocenters. The number of aryl methyl sites for hydroxylation is 2. The number of nitrogens with zero attached hydrogens (tertiary/aromatic N) is 1. The van der Waals surface area contributed by atoms with Crippen LogP contribution >= 0.6 is 22.9 Å². The van der Waals surface area contributed by atoms with Gasteiger partial charge >= 0.3 is 0 Å². The van der Waals surface area contributed by atoms with E-state index in [0.29, 0.717) is 11.4 Å². The van der Waals surface area contributed by atoms with Gasteiger partial charge in [0, 0.05) is 58.2 Å². The first kappa shape index (κ1) is 19.4. The van der Waals surface area contributed by atoms with Crippen molar-refractivity contribution in [2.24, 2.45) is 7.05 Å². The zero-order valence-electron chi connectivity index (χ0n) is 16.0. The van der Waals surface area contributed by atoms with Gasteiger partial charge in [0.05, 0.1) is 6.10 Å². The van der Waals surface area contributed by atoms with Gasteiger partial charge in [-0.15, -0.1) is 11.3 Å². The van der Waals surface area contributed by atoms with Crippen molar-refractivity contribution in [3.63, 3.8) is 0 Å². The number of benzene rings is 1. The largest absolute Gasteiger partial charge is 0.396 e. The lowest BCUT2D eigenvalue weighted by atomic mass is 9.95. The molecule has 0 aliphatic carbocycles. The van der Waals surface area contributed by atoms with E-state index in [1.54, 1.807) is 29.0 Å². The molecule has 0 spiro atoms. The monoisotopic (exact) mass is 415 g/mol. The zero-order valence-corrected chi connectivity index (χ0v) is 17.6. The molecule has 0 radical (unpaired) electrons. The Morgan fingerprint density at radius 1 is 1.25 bits per heavy atom. The van der Waals surface area contributed by atoms with Gasteiger partial charge in [0.15, 0.2) is 0 Å². The fourth-order valence-corrected chi connectivity index (χ4v) is 5.14. The van der Waals surface area contributed by atoms with Crippen molar-refractivity contribution in [2.45, 2.75) is 32.5 Å². The summed E-state index contributed by atoms with van der Waals surface area (Å²) in [5.41, 5.74) is 5.11. The molecular formula is C22H22ClNO3S. The van der Waals surface area contributed by atoms with E-state index >= 15 is 0 Å². The summed E-state index contributed by atoms with van der Waals surface area (Å²) >= 11 is 7.82. The normalized spacial score (nSPS) is 18.5. The molecule has 2 unspecified atom stereocenters. The SMILES string of the molecule is Cc1sc2c(c1C)C(c1ccc(Cl)cc1)OC(CCO)c1cc(=O)n(C)cc1-2. The Labute approximate surface area is 173 Å². The lowest BCUT2D eigenvalue weighted by Gasteiger charge is -2.24. The molecule has 1 aliphatic rings. The molecule has 3 aromatic rings. The Morgan fingerprint density at radius 2 is 1.96 bits per heavy atom. The Morgan fingerprint density at radius 3 is 2.64 bits per heavy atom. The van der Waals surface area contributed by atoms with Gasteiger partial charge < -0.3 is 14.4 Å². The fraction of sp³-hybridized carbons (Fsp3) is 0.318. The maximum atomic E-state index is 12.4. The van der Waals surface area contributed by atoms with Crippen LogP contribution < -0.4 is 5.56 Å². The number of aliphatic hydroxyl groups is 1. The Balaban J connectivity index is 2.00. The van der Waals surface area contributed by atoms with Crippen molar-refractivity contribution in [1.82, 2.24) is 4.57 Å². The fourth-order valence-electron chi connectivity index (χ4n) is 3.79. The van der Waals surface area contributed by atoms with Crippen molar-refractivity contribution in [2.75, 3.05) is 6.61 Å². The number of ether oxygens (including phenoxy) is 1. The third-order valence-corrected chi connectivity index (χ3v) is 6.92. The van der Waals surface area contributed by atoms with Crippen LogP contribution in [-0.2, 0) is 11.8 Å². The highest BCUT2D eigenvalue weighted by Gasteiger charge is 2.33. The van der Waals surface area contributed by atoms with E-state index in [4.69, 9.17) is 16.3 Å². The summed E-state index contributed by atoms with van der Waals surface area (Å²) in [6, 6.07) is 9.34. The van der Waals surface area contributed by atoms with Crippen molar-refractivity contribution in [3.8, 4) is 10.4 Å². The molecule has 0 fully saturated rings. The van der Waals surface area contributed by atoms with E-state index in [2.05, 4.69) is 13.8 Å². The number of hydrogen-bond acceptors (Lipinski definition) is 4. The number of rotatable bonds is 3. The molecule has 146 valence electrons. The third-order valence-electron chi connectivity index (χ3n) is 5.41. The summed E-state index contributed by atoms with van der Waals surface area (Å²) < 4.78 is 8.18. The summed E-state index contributed by atoms with van der Waals surface area (Å²) in [6.07, 6.45) is 1.66. The summed E-state index contributed by atoms with van der Waals surface area (Å²) in [4.78, 5) is 14.7. The molecule has 1 N–H and O–H groups in total. The van der Waals surface area contributed by atoms with E-state index in [1.165, 1.54) is 10.4 Å². The molecule has 4 nitrogen and oxygen atoms in total. The van der Waals surface area contributed by atoms with E-state index in [1.807, 2.05) is 30.5 Å². The van der Waals surface area contributed by atoms with Crippen LogP contribution in [0, 0.1) is 13.8 Å². The number of aromatic nitrogens is 1. The smallest absolute Gasteiger partial charge is 0.250 e. The van der Waals surface area contributed by atoms with Gasteiger partial charge in [-0.25, -0.2) is 0 Å². The van der Waals surface area contributed by atoms with Crippen LogP contribution in [0.5, 0.6) is 0 Å². The maximum absolute atomic E-state index is 12.4. The number of hydrogen-bond donors (Lipinski definition) is 1. The second-order valence-electron chi connectivity index (χ2n) is 7.19. The standard InChI is InChI=1S/C22H22ClNO3S/c1-12-13(2)28-22-17-11-24(3)19(26)10-16(17)18(8-9-25)27-21(20(12)22)14-4-6-15(23)7-5-14/h4-7,10-11,18,21,25H,8-9H2,1-3H3. The van der Waals surface area contributed by atoms with Gasteiger partial charge in [0.1, 0.15) is 6.10 Å². The van der Waals surface area contributed by atoms with E-state index in [9.17, 15) is 9.90 Å². The van der Waals surface area contributed by atoms with Crippen LogP contribution in [-0.4, -0.2) is 16.3 Å². The summed E-state index contributed by atoms with van der Waals surface area (Å²) in [6.45, 7) is 4.21. The molecule has 28 heavy (non-hydrogen) atoms. The van der Waals surface area contributed by atoms with Crippen molar-refractivity contribution in [3.05, 3.63) is 79.0 Å². The van der Waals surface area contributed by atoms with Gasteiger partial charge in [-0.1, -0.05) is 23.7 Å². The topological polar surface area (TPSA) is 51.5 Å². The lowest BCUT2D eigenvalue weighted by molar-refractivity contribution is -0.00456. The van der Waals surface area contributed by atoms with Crippen molar-refractivity contribution >= 4 is 22.9 Å². The first-order valence-corrected chi connectivity index (χ1v) is 10.4. The first-order chi connectivity index (χ1) is 13.4. The predicted octanol–water partition coefficient (Wildman–Crippen LogP) is 4.93. The number of pyridine rings is 1. The third kappa shape index (κ3) is 3.22. The highest BCUT2D eigenvalue weighted by atomic mass is 35.5. The number of halogens is 1. The van der Waals surface area contributed by atoms with Crippen LogP contribution in [0.1, 0.15) is 45.8 Å². The highest BCUT2D eigenvalue weighted by molar-refractivity contribution is 7.15. The molecule has 3 heterocycles. The van der Waals surface area contributed by atoms with Gasteiger partial charge in [-0.2, -0.15) is 0 Å². The Hall–Kier alpha value is -1.92. The van der Waals surface area contributed by atoms with Gasteiger partial charge in [-0.3, -0.25) is 4.79 Å². The van der Waals surface area contributed by atoms with Crippen LogP contribution in [0.25, 0.3) is 10.4 Å². The van der Waals surface area contributed by atoms with Crippen LogP contribution in [0.2, 0.25) is 5.02 Å². The second kappa shape index (κ2) is 7.48. The molecule has 6 heteroatoms. The molecular weight excluding hydrogens is 394 g/mol. The van der Waals surface area contributed by atoms with Gasteiger partial charge in [0.2, 0.25) is 0 Å². The Bertz CT molecular complexity index is 1080. The average Bonchev–Trinajstić information content (AvgIpc) is 2.89. The summed E-state index contributed by atoms with van der Waals surface area (Å²) in [5.74, 6) is 0. The first-order valence-electron chi connectivity index (χ1n) is 9.23. The summed E-state index contributed by atoms with van der Waals surface area (Å²) in [7, 11) is 1.76.